The summed E-state index contributed by atoms with van der Waals surface area (Å²) in [5, 5.41) is 0. The Balaban J connectivity index is 2.84. The van der Waals surface area contributed by atoms with Gasteiger partial charge in [-0.1, -0.05) is 19.1 Å². The van der Waals surface area contributed by atoms with E-state index >= 15 is 0 Å². The van der Waals surface area contributed by atoms with Crippen LogP contribution in [0.2, 0.25) is 0 Å². The van der Waals surface area contributed by atoms with Gasteiger partial charge in [0.2, 0.25) is 0 Å². The van der Waals surface area contributed by atoms with Crippen LogP contribution in [0.15, 0.2) is 24.3 Å². The summed E-state index contributed by atoms with van der Waals surface area (Å²) >= 11 is 5.59. The van der Waals surface area contributed by atoms with Gasteiger partial charge in [-0.2, -0.15) is 0 Å². The lowest BCUT2D eigenvalue weighted by molar-refractivity contribution is 0.0600. The van der Waals surface area contributed by atoms with Crippen molar-refractivity contribution in [3.63, 3.8) is 0 Å². The van der Waals surface area contributed by atoms with E-state index in [4.69, 9.17) is 11.8 Å². The van der Waals surface area contributed by atoms with Crippen LogP contribution >= 0.6 is 11.8 Å². The van der Waals surface area contributed by atoms with Gasteiger partial charge in [0.1, 0.15) is 0 Å². The fourth-order valence-electron chi connectivity index (χ4n) is 1.35. The molecule has 0 aromatic heterocycles. The normalized spacial score (nSPS) is 12.2. The van der Waals surface area contributed by atoms with Gasteiger partial charge in [-0.3, -0.25) is 0 Å². The minimum atomic E-state index is -0.326. The first-order valence-electron chi connectivity index (χ1n) is 4.77. The molecule has 1 aromatic rings. The van der Waals surface area contributed by atoms with Crippen LogP contribution in [0.5, 0.6) is 0 Å². The lowest BCUT2D eigenvalue weighted by Crippen LogP contribution is -2.10. The largest absolute Gasteiger partial charge is 0.465 e. The summed E-state index contributed by atoms with van der Waals surface area (Å²) in [5.74, 6) is -0.326. The summed E-state index contributed by atoms with van der Waals surface area (Å²) in [4.78, 5) is 13.9. The summed E-state index contributed by atoms with van der Waals surface area (Å²) < 4.78 is 4.61. The average molecular weight is 228 g/mol. The fraction of sp³-hybridized carbons (Fsp3) is 0.364. The van der Waals surface area contributed by atoms with Crippen molar-refractivity contribution in [1.29, 1.82) is 0 Å². The number of hydrogen-bond acceptors (Lipinski definition) is 3. The highest BCUT2D eigenvalue weighted by atomic mass is 35.5. The van der Waals surface area contributed by atoms with Gasteiger partial charge in [0.15, 0.2) is 0 Å². The van der Waals surface area contributed by atoms with Crippen LogP contribution in [0.4, 0.5) is 0 Å². The van der Waals surface area contributed by atoms with Crippen molar-refractivity contribution < 1.29 is 9.53 Å². The third-order valence-corrected chi connectivity index (χ3v) is 2.54. The van der Waals surface area contributed by atoms with Crippen LogP contribution < -0.4 is 4.84 Å². The molecule has 0 amide bonds. The molecule has 0 unspecified atom stereocenters. The molecule has 4 heteroatoms. The van der Waals surface area contributed by atoms with E-state index in [2.05, 4.69) is 9.57 Å². The molecule has 1 rings (SSSR count). The van der Waals surface area contributed by atoms with E-state index in [0.29, 0.717) is 5.56 Å². The maximum atomic E-state index is 11.2. The van der Waals surface area contributed by atoms with Gasteiger partial charge in [0.25, 0.3) is 0 Å². The van der Waals surface area contributed by atoms with Crippen LogP contribution in [-0.4, -0.2) is 13.1 Å². The average Bonchev–Trinajstić information content (AvgIpc) is 2.30. The number of carbonyl (C=O) groups excluding carboxylic acids is 1. The minimum absolute atomic E-state index is 0.110. The summed E-state index contributed by atoms with van der Waals surface area (Å²) in [6, 6.07) is 7.32. The number of esters is 1. The van der Waals surface area contributed by atoms with E-state index in [9.17, 15) is 4.79 Å². The second-order valence-corrected chi connectivity index (χ2v) is 3.40. The summed E-state index contributed by atoms with van der Waals surface area (Å²) in [7, 11) is 1.37. The van der Waals surface area contributed by atoms with E-state index in [1.165, 1.54) is 7.11 Å². The molecule has 1 N–H and O–H groups in total. The van der Waals surface area contributed by atoms with Gasteiger partial charge in [0, 0.05) is 6.04 Å². The first-order valence-corrected chi connectivity index (χ1v) is 5.15. The van der Waals surface area contributed by atoms with Gasteiger partial charge in [-0.15, -0.1) is 0 Å². The Bertz CT molecular complexity index is 320. The van der Waals surface area contributed by atoms with E-state index < -0.39 is 0 Å². The minimum Gasteiger partial charge on any atom is -0.465 e. The Morgan fingerprint density at radius 2 is 2.07 bits per heavy atom. The highest BCUT2D eigenvalue weighted by molar-refractivity contribution is 6.13. The maximum Gasteiger partial charge on any atom is 0.337 e. The van der Waals surface area contributed by atoms with E-state index in [1.807, 2.05) is 19.1 Å². The zero-order valence-electron chi connectivity index (χ0n) is 8.79. The highest BCUT2D eigenvalue weighted by Gasteiger charge is 2.09. The molecule has 0 saturated carbocycles. The molecule has 0 aliphatic carbocycles. The third-order valence-electron chi connectivity index (χ3n) is 2.27. The molecule has 0 heterocycles. The summed E-state index contributed by atoms with van der Waals surface area (Å²) in [5.41, 5.74) is 1.60. The first-order chi connectivity index (χ1) is 7.22. The predicted molar refractivity (Wildman–Crippen MR) is 59.8 cm³/mol. The number of benzene rings is 1. The molecule has 0 bridgehead atoms. The monoisotopic (exact) mass is 227 g/mol. The van der Waals surface area contributed by atoms with Crippen molar-refractivity contribution >= 4 is 17.7 Å². The molecule has 0 aliphatic rings. The summed E-state index contributed by atoms with van der Waals surface area (Å²) in [6.07, 6.45) is 0.890. The Labute approximate surface area is 94.5 Å². The number of nitrogens with one attached hydrogen (secondary N) is 1. The van der Waals surface area contributed by atoms with E-state index in [0.717, 1.165) is 12.0 Å². The number of halogens is 1. The topological polar surface area (TPSA) is 38.3 Å². The maximum absolute atomic E-state index is 11.2. The molecule has 1 atom stereocenters. The van der Waals surface area contributed by atoms with Crippen molar-refractivity contribution in [2.75, 3.05) is 7.11 Å². The van der Waals surface area contributed by atoms with Crippen LogP contribution in [0, 0.1) is 0 Å². The number of methoxy groups -OCH3 is 1. The molecule has 82 valence electrons. The molecule has 0 radical (unpaired) electrons. The third kappa shape index (κ3) is 2.94. The zero-order valence-corrected chi connectivity index (χ0v) is 9.54. The van der Waals surface area contributed by atoms with Crippen molar-refractivity contribution in [2.45, 2.75) is 19.4 Å². The van der Waals surface area contributed by atoms with Gasteiger partial charge in [0.05, 0.1) is 12.7 Å². The molecule has 15 heavy (non-hydrogen) atoms. The first kappa shape index (κ1) is 12.0. The van der Waals surface area contributed by atoms with Gasteiger partial charge in [-0.05, 0) is 35.9 Å². The second-order valence-electron chi connectivity index (χ2n) is 3.18. The van der Waals surface area contributed by atoms with Gasteiger partial charge >= 0.3 is 5.97 Å². The van der Waals surface area contributed by atoms with E-state index in [-0.39, 0.29) is 12.0 Å². The Morgan fingerprint density at radius 3 is 2.47 bits per heavy atom. The molecule has 0 spiro atoms. The van der Waals surface area contributed by atoms with Crippen LogP contribution in [0.25, 0.3) is 0 Å². The molecule has 0 fully saturated rings. The number of hydrogen-bond donors (Lipinski definition) is 1. The van der Waals surface area contributed by atoms with Crippen molar-refractivity contribution in [2.24, 2.45) is 0 Å². The Hall–Kier alpha value is -1.06. The van der Waals surface area contributed by atoms with Crippen molar-refractivity contribution in [3.05, 3.63) is 35.4 Å². The second kappa shape index (κ2) is 5.73. The number of carbonyl (C=O) groups is 1. The number of ether oxygens (including phenoxy) is 1. The standard InChI is InChI=1S/C11H14ClNO2/c1-3-10(13-12)8-4-6-9(7-5-8)11(14)15-2/h4-7,10,13H,3H2,1-2H3/t10-/m1/s1. The van der Waals surface area contributed by atoms with Crippen molar-refractivity contribution in [3.8, 4) is 0 Å². The smallest absolute Gasteiger partial charge is 0.337 e. The van der Waals surface area contributed by atoms with Crippen LogP contribution in [0.1, 0.15) is 35.3 Å². The number of rotatable bonds is 4. The predicted octanol–water partition coefficient (Wildman–Crippen LogP) is 2.67. The molecule has 3 nitrogen and oxygen atoms in total. The fourth-order valence-corrected chi connectivity index (χ4v) is 1.63. The van der Waals surface area contributed by atoms with Crippen LogP contribution in [-0.2, 0) is 4.74 Å². The Morgan fingerprint density at radius 1 is 1.47 bits per heavy atom. The highest BCUT2D eigenvalue weighted by Crippen LogP contribution is 2.17. The Kier molecular flexibility index (Phi) is 4.59. The lowest BCUT2D eigenvalue weighted by Gasteiger charge is -2.12. The quantitative estimate of drug-likeness (QED) is 0.635. The van der Waals surface area contributed by atoms with Gasteiger partial charge < -0.3 is 4.74 Å². The molecule has 0 aliphatic heterocycles. The van der Waals surface area contributed by atoms with Crippen LogP contribution in [0.3, 0.4) is 0 Å². The molecular weight excluding hydrogens is 214 g/mol. The molecular formula is C11H14ClNO2. The van der Waals surface area contributed by atoms with Gasteiger partial charge in [-0.25, -0.2) is 9.63 Å². The SMILES string of the molecule is CC[C@@H](NCl)c1ccc(C(=O)OC)cc1. The zero-order chi connectivity index (χ0) is 11.3. The van der Waals surface area contributed by atoms with E-state index in [1.54, 1.807) is 12.1 Å². The lowest BCUT2D eigenvalue weighted by atomic mass is 10.0. The molecule has 0 saturated heterocycles. The van der Waals surface area contributed by atoms with Crippen molar-refractivity contribution in [1.82, 2.24) is 4.84 Å². The molecule has 1 aromatic carbocycles. The summed E-state index contributed by atoms with van der Waals surface area (Å²) in [6.45, 7) is 2.04.